The number of carbonyl (C=O) groups is 1. The van der Waals surface area contributed by atoms with Gasteiger partial charge in [-0.25, -0.2) is 18.4 Å². The Morgan fingerprint density at radius 1 is 1.30 bits per heavy atom. The Hall–Kier alpha value is -1.84. The van der Waals surface area contributed by atoms with E-state index >= 15 is 0 Å². The zero-order valence-electron chi connectivity index (χ0n) is 16.9. The van der Waals surface area contributed by atoms with Gasteiger partial charge in [0.2, 0.25) is 0 Å². The SMILES string of the molecule is CCOc1ccc(CN(C(=O)c2nc(SCC)ncc2Cl)[C@H]2CCS(=O)(=O)C2)cc1. The van der Waals surface area contributed by atoms with Crippen molar-refractivity contribution in [3.05, 3.63) is 46.7 Å². The van der Waals surface area contributed by atoms with Crippen LogP contribution in [0.5, 0.6) is 5.75 Å². The molecule has 1 amide bonds. The van der Waals surface area contributed by atoms with Crippen LogP contribution in [-0.2, 0) is 16.4 Å². The van der Waals surface area contributed by atoms with Crippen molar-refractivity contribution in [1.82, 2.24) is 14.9 Å². The van der Waals surface area contributed by atoms with Crippen LogP contribution in [0.3, 0.4) is 0 Å². The van der Waals surface area contributed by atoms with E-state index < -0.39 is 21.8 Å². The van der Waals surface area contributed by atoms with Gasteiger partial charge in [-0.1, -0.05) is 42.4 Å². The third-order valence-corrected chi connectivity index (χ3v) is 7.47. The predicted molar refractivity (Wildman–Crippen MR) is 118 cm³/mol. The van der Waals surface area contributed by atoms with E-state index in [-0.39, 0.29) is 28.8 Å². The first kappa shape index (κ1) is 22.8. The third-order valence-electron chi connectivity index (χ3n) is 4.70. The van der Waals surface area contributed by atoms with E-state index in [4.69, 9.17) is 16.3 Å². The van der Waals surface area contributed by atoms with Crippen molar-refractivity contribution < 1.29 is 17.9 Å². The summed E-state index contributed by atoms with van der Waals surface area (Å²) in [4.78, 5) is 23.5. The number of carbonyl (C=O) groups excluding carboxylic acids is 1. The van der Waals surface area contributed by atoms with Gasteiger partial charge >= 0.3 is 0 Å². The van der Waals surface area contributed by atoms with E-state index in [2.05, 4.69) is 9.97 Å². The van der Waals surface area contributed by atoms with Crippen LogP contribution in [0, 0.1) is 0 Å². The van der Waals surface area contributed by atoms with Crippen molar-refractivity contribution in [3.8, 4) is 5.75 Å². The minimum absolute atomic E-state index is 0.0605. The normalized spacial score (nSPS) is 17.6. The van der Waals surface area contributed by atoms with Crippen molar-refractivity contribution in [2.45, 2.75) is 38.0 Å². The second-order valence-electron chi connectivity index (χ2n) is 6.85. The summed E-state index contributed by atoms with van der Waals surface area (Å²) < 4.78 is 29.6. The Morgan fingerprint density at radius 3 is 2.63 bits per heavy atom. The molecule has 1 saturated heterocycles. The average Bonchev–Trinajstić information content (AvgIpc) is 3.08. The van der Waals surface area contributed by atoms with Crippen LogP contribution < -0.4 is 4.74 Å². The molecule has 10 heteroatoms. The number of hydrogen-bond acceptors (Lipinski definition) is 7. The van der Waals surface area contributed by atoms with Crippen molar-refractivity contribution >= 4 is 39.1 Å². The first-order valence-corrected chi connectivity index (χ1v) is 12.9. The molecular formula is C20H24ClN3O4S2. The van der Waals surface area contributed by atoms with Gasteiger partial charge in [0.1, 0.15) is 5.75 Å². The number of hydrogen-bond donors (Lipinski definition) is 0. The van der Waals surface area contributed by atoms with Crippen LogP contribution in [0.2, 0.25) is 5.02 Å². The molecule has 1 aliphatic heterocycles. The monoisotopic (exact) mass is 469 g/mol. The fraction of sp³-hybridized carbons (Fsp3) is 0.450. The van der Waals surface area contributed by atoms with Crippen molar-refractivity contribution in [2.24, 2.45) is 0 Å². The molecule has 7 nitrogen and oxygen atoms in total. The summed E-state index contributed by atoms with van der Waals surface area (Å²) in [6, 6.07) is 6.98. The van der Waals surface area contributed by atoms with Crippen molar-refractivity contribution in [1.29, 1.82) is 0 Å². The summed E-state index contributed by atoms with van der Waals surface area (Å²) in [7, 11) is -3.17. The molecule has 2 aromatic rings. The first-order chi connectivity index (χ1) is 14.3. The fourth-order valence-electron chi connectivity index (χ4n) is 3.28. The Balaban J connectivity index is 1.91. The highest BCUT2D eigenvalue weighted by molar-refractivity contribution is 7.99. The van der Waals surface area contributed by atoms with Gasteiger partial charge < -0.3 is 9.64 Å². The predicted octanol–water partition coefficient (Wildman–Crippen LogP) is 3.47. The van der Waals surface area contributed by atoms with Gasteiger partial charge in [0.15, 0.2) is 20.7 Å². The average molecular weight is 470 g/mol. The van der Waals surface area contributed by atoms with Crippen LogP contribution in [-0.4, -0.2) is 59.1 Å². The number of halogens is 1. The fourth-order valence-corrected chi connectivity index (χ4v) is 5.72. The van der Waals surface area contributed by atoms with Gasteiger partial charge in [-0.15, -0.1) is 0 Å². The number of nitrogens with zero attached hydrogens (tertiary/aromatic N) is 3. The van der Waals surface area contributed by atoms with Gasteiger partial charge in [-0.05, 0) is 36.8 Å². The molecule has 1 aromatic carbocycles. The Labute approximate surface area is 186 Å². The van der Waals surface area contributed by atoms with E-state index in [1.165, 1.54) is 18.0 Å². The number of rotatable bonds is 8. The highest BCUT2D eigenvalue weighted by Gasteiger charge is 2.36. The molecule has 0 saturated carbocycles. The molecular weight excluding hydrogens is 446 g/mol. The van der Waals surface area contributed by atoms with Crippen molar-refractivity contribution in [2.75, 3.05) is 23.9 Å². The van der Waals surface area contributed by atoms with E-state index in [1.54, 1.807) is 4.90 Å². The Morgan fingerprint density at radius 2 is 2.03 bits per heavy atom. The lowest BCUT2D eigenvalue weighted by molar-refractivity contribution is 0.0674. The molecule has 0 bridgehead atoms. The molecule has 30 heavy (non-hydrogen) atoms. The van der Waals surface area contributed by atoms with Gasteiger partial charge in [0.25, 0.3) is 5.91 Å². The zero-order chi connectivity index (χ0) is 21.7. The molecule has 1 aliphatic rings. The van der Waals surface area contributed by atoms with Gasteiger partial charge in [-0.2, -0.15) is 0 Å². The molecule has 1 aromatic heterocycles. The topological polar surface area (TPSA) is 89.5 Å². The highest BCUT2D eigenvalue weighted by Crippen LogP contribution is 2.26. The minimum Gasteiger partial charge on any atom is -0.494 e. The van der Waals surface area contributed by atoms with Gasteiger partial charge in [-0.3, -0.25) is 4.79 Å². The molecule has 0 radical (unpaired) electrons. The van der Waals surface area contributed by atoms with Crippen LogP contribution in [0.1, 0.15) is 36.3 Å². The first-order valence-electron chi connectivity index (χ1n) is 9.71. The molecule has 162 valence electrons. The number of sulfone groups is 1. The lowest BCUT2D eigenvalue weighted by atomic mass is 10.1. The largest absolute Gasteiger partial charge is 0.494 e. The molecule has 0 spiro atoms. The number of thioether (sulfide) groups is 1. The summed E-state index contributed by atoms with van der Waals surface area (Å²) in [5.41, 5.74) is 0.960. The second kappa shape index (κ2) is 9.98. The van der Waals surface area contributed by atoms with Crippen LogP contribution >= 0.6 is 23.4 Å². The summed E-state index contributed by atoms with van der Waals surface area (Å²) in [6.45, 7) is 4.69. The zero-order valence-corrected chi connectivity index (χ0v) is 19.3. The molecule has 0 unspecified atom stereocenters. The lowest BCUT2D eigenvalue weighted by Gasteiger charge is -2.28. The molecule has 0 N–H and O–H groups in total. The van der Waals surface area contributed by atoms with Crippen molar-refractivity contribution in [3.63, 3.8) is 0 Å². The summed E-state index contributed by atoms with van der Waals surface area (Å²) in [6.07, 6.45) is 1.81. The lowest BCUT2D eigenvalue weighted by Crippen LogP contribution is -2.41. The molecule has 3 rings (SSSR count). The molecule has 2 heterocycles. The highest BCUT2D eigenvalue weighted by atomic mass is 35.5. The smallest absolute Gasteiger partial charge is 0.274 e. The summed E-state index contributed by atoms with van der Waals surface area (Å²) >= 11 is 7.65. The van der Waals surface area contributed by atoms with Gasteiger partial charge in [0.05, 0.1) is 29.3 Å². The minimum atomic E-state index is -3.17. The van der Waals surface area contributed by atoms with Crippen LogP contribution in [0.4, 0.5) is 0 Å². The molecule has 1 fully saturated rings. The maximum Gasteiger partial charge on any atom is 0.274 e. The van der Waals surface area contributed by atoms with Gasteiger partial charge in [0, 0.05) is 12.6 Å². The Kier molecular flexibility index (Phi) is 7.60. The standard InChI is InChI=1S/C20H24ClN3O4S2/c1-3-28-16-7-5-14(6-8-16)12-24(15-9-10-30(26,27)13-15)19(25)18-17(21)11-22-20(23-18)29-4-2/h5-8,11,15H,3-4,9-10,12-13H2,1-2H3/t15-/m0/s1. The molecule has 0 aliphatic carbocycles. The van der Waals surface area contributed by atoms with Crippen LogP contribution in [0.25, 0.3) is 0 Å². The maximum atomic E-state index is 13.4. The molecule has 1 atom stereocenters. The van der Waals surface area contributed by atoms with E-state index in [0.29, 0.717) is 18.2 Å². The van der Waals surface area contributed by atoms with E-state index in [9.17, 15) is 13.2 Å². The van der Waals surface area contributed by atoms with Crippen LogP contribution in [0.15, 0.2) is 35.6 Å². The number of ether oxygens (including phenoxy) is 1. The Bertz CT molecular complexity index is 1000. The third kappa shape index (κ3) is 5.65. The van der Waals surface area contributed by atoms with E-state index in [0.717, 1.165) is 17.1 Å². The van der Waals surface area contributed by atoms with E-state index in [1.807, 2.05) is 38.1 Å². The number of benzene rings is 1. The number of amides is 1. The second-order valence-corrected chi connectivity index (χ2v) is 10.7. The summed E-state index contributed by atoms with van der Waals surface area (Å²) in [5.74, 6) is 1.11. The number of aromatic nitrogens is 2. The quantitative estimate of drug-likeness (QED) is 0.432. The summed E-state index contributed by atoms with van der Waals surface area (Å²) in [5, 5.41) is 0.614. The maximum absolute atomic E-state index is 13.4.